The molecule has 5 heteroatoms. The number of aldehydes is 1. The van der Waals surface area contributed by atoms with Gasteiger partial charge in [-0.1, -0.05) is 38.4 Å². The molecule has 3 aromatic rings. The lowest BCUT2D eigenvalue weighted by molar-refractivity contribution is 0.111. The van der Waals surface area contributed by atoms with Crippen molar-refractivity contribution in [2.75, 3.05) is 0 Å². The van der Waals surface area contributed by atoms with Crippen LogP contribution in [0.1, 0.15) is 42.5 Å². The average molecular weight is 333 g/mol. The van der Waals surface area contributed by atoms with Crippen LogP contribution in [0.4, 0.5) is 0 Å². The van der Waals surface area contributed by atoms with Gasteiger partial charge in [0.25, 0.3) is 0 Å². The Kier molecular flexibility index (Phi) is 3.62. The first-order valence-corrected chi connectivity index (χ1v) is 8.31. The van der Waals surface area contributed by atoms with Crippen LogP contribution in [0.25, 0.3) is 16.2 Å². The standard InChI is InChI=1S/C17H17ClN2OS/c1-10-7-11(5-6-12(10)18)15-13(8-21)20-14(17(2,3)4)9-22-16(20)19-15/h5-9H,1-4H3. The normalized spacial score (nSPS) is 12.0. The van der Waals surface area contributed by atoms with Gasteiger partial charge in [-0.2, -0.15) is 0 Å². The molecule has 0 amide bonds. The molecule has 0 radical (unpaired) electrons. The van der Waals surface area contributed by atoms with Gasteiger partial charge in [-0.25, -0.2) is 4.98 Å². The van der Waals surface area contributed by atoms with E-state index in [4.69, 9.17) is 11.6 Å². The highest BCUT2D eigenvalue weighted by molar-refractivity contribution is 7.15. The zero-order valence-electron chi connectivity index (χ0n) is 13.0. The lowest BCUT2D eigenvalue weighted by atomic mass is 9.93. The molecule has 0 aliphatic rings. The van der Waals surface area contributed by atoms with Gasteiger partial charge in [0.1, 0.15) is 11.4 Å². The molecule has 1 aromatic carbocycles. The molecule has 2 aromatic heterocycles. The number of fused-ring (bicyclic) bond motifs is 1. The fraction of sp³-hybridized carbons (Fsp3) is 0.294. The van der Waals surface area contributed by atoms with Crippen molar-refractivity contribution in [3.63, 3.8) is 0 Å². The Bertz CT molecular complexity index is 871. The van der Waals surface area contributed by atoms with Crippen LogP contribution < -0.4 is 0 Å². The van der Waals surface area contributed by atoms with Crippen LogP contribution in [0.2, 0.25) is 5.02 Å². The number of halogens is 1. The second-order valence-corrected chi connectivity index (χ2v) is 7.66. The number of aryl methyl sites for hydroxylation is 1. The molecular formula is C17H17ClN2OS. The molecule has 0 aliphatic carbocycles. The van der Waals surface area contributed by atoms with E-state index in [1.165, 1.54) is 0 Å². The molecule has 3 rings (SSSR count). The maximum atomic E-state index is 11.7. The van der Waals surface area contributed by atoms with E-state index in [1.54, 1.807) is 11.3 Å². The average Bonchev–Trinajstić information content (AvgIpc) is 2.99. The minimum absolute atomic E-state index is 0.0517. The molecule has 2 heterocycles. The summed E-state index contributed by atoms with van der Waals surface area (Å²) in [6.45, 7) is 8.35. The van der Waals surface area contributed by atoms with Crippen LogP contribution in [-0.4, -0.2) is 15.7 Å². The number of benzene rings is 1. The lowest BCUT2D eigenvalue weighted by Crippen LogP contribution is -2.15. The predicted octanol–water partition coefficient (Wildman–Crippen LogP) is 5.13. The van der Waals surface area contributed by atoms with Gasteiger partial charge in [-0.15, -0.1) is 11.3 Å². The van der Waals surface area contributed by atoms with E-state index < -0.39 is 0 Å². The van der Waals surface area contributed by atoms with Gasteiger partial charge in [-0.05, 0) is 24.6 Å². The summed E-state index contributed by atoms with van der Waals surface area (Å²) in [7, 11) is 0. The zero-order chi connectivity index (χ0) is 16.1. The molecule has 0 saturated heterocycles. The number of aromatic nitrogens is 2. The first-order chi connectivity index (χ1) is 10.3. The van der Waals surface area contributed by atoms with Crippen molar-refractivity contribution < 1.29 is 4.79 Å². The van der Waals surface area contributed by atoms with Gasteiger partial charge in [0.15, 0.2) is 11.2 Å². The number of hydrogen-bond donors (Lipinski definition) is 0. The molecule has 0 N–H and O–H groups in total. The molecular weight excluding hydrogens is 316 g/mol. The van der Waals surface area contributed by atoms with E-state index in [0.29, 0.717) is 16.4 Å². The fourth-order valence-corrected chi connectivity index (χ4v) is 3.75. The van der Waals surface area contributed by atoms with Gasteiger partial charge in [-0.3, -0.25) is 9.20 Å². The molecule has 0 bridgehead atoms. The highest BCUT2D eigenvalue weighted by atomic mass is 35.5. The Labute approximate surface area is 138 Å². The summed E-state index contributed by atoms with van der Waals surface area (Å²) in [6.07, 6.45) is 0.890. The van der Waals surface area contributed by atoms with Crippen molar-refractivity contribution in [3.8, 4) is 11.3 Å². The Balaban J connectivity index is 2.29. The summed E-state index contributed by atoms with van der Waals surface area (Å²) in [5.41, 5.74) is 4.25. The number of nitrogens with zero attached hydrogens (tertiary/aromatic N) is 2. The molecule has 3 nitrogen and oxygen atoms in total. The van der Waals surface area contributed by atoms with Crippen molar-refractivity contribution in [2.45, 2.75) is 33.1 Å². The largest absolute Gasteiger partial charge is 0.296 e. The lowest BCUT2D eigenvalue weighted by Gasteiger charge is -2.17. The summed E-state index contributed by atoms with van der Waals surface area (Å²) in [4.78, 5) is 17.2. The highest BCUT2D eigenvalue weighted by Gasteiger charge is 2.24. The third-order valence-electron chi connectivity index (χ3n) is 3.71. The second kappa shape index (κ2) is 5.21. The minimum Gasteiger partial charge on any atom is -0.296 e. The molecule has 0 fully saturated rings. The van der Waals surface area contributed by atoms with Crippen molar-refractivity contribution in [2.24, 2.45) is 0 Å². The maximum absolute atomic E-state index is 11.7. The molecule has 114 valence electrons. The van der Waals surface area contributed by atoms with Crippen molar-refractivity contribution in [1.29, 1.82) is 0 Å². The quantitative estimate of drug-likeness (QED) is 0.609. The number of hydrogen-bond acceptors (Lipinski definition) is 3. The Morgan fingerprint density at radius 3 is 2.64 bits per heavy atom. The number of carbonyl (C=O) groups is 1. The summed E-state index contributed by atoms with van der Waals surface area (Å²) in [5, 5.41) is 2.79. The summed E-state index contributed by atoms with van der Waals surface area (Å²) in [6, 6.07) is 5.73. The number of imidazole rings is 1. The zero-order valence-corrected chi connectivity index (χ0v) is 14.5. The Hall–Kier alpha value is -1.65. The van der Waals surface area contributed by atoms with Crippen molar-refractivity contribution in [3.05, 3.63) is 45.6 Å². The minimum atomic E-state index is -0.0517. The van der Waals surface area contributed by atoms with E-state index in [-0.39, 0.29) is 5.41 Å². The van der Waals surface area contributed by atoms with Crippen LogP contribution in [0.15, 0.2) is 23.6 Å². The van der Waals surface area contributed by atoms with Crippen LogP contribution in [0, 0.1) is 6.92 Å². The number of rotatable bonds is 2. The van der Waals surface area contributed by atoms with Crippen LogP contribution >= 0.6 is 22.9 Å². The van der Waals surface area contributed by atoms with Crippen molar-refractivity contribution in [1.82, 2.24) is 9.38 Å². The van der Waals surface area contributed by atoms with Crippen LogP contribution in [0.3, 0.4) is 0 Å². The van der Waals surface area contributed by atoms with E-state index in [1.807, 2.05) is 29.5 Å². The van der Waals surface area contributed by atoms with Gasteiger partial charge < -0.3 is 0 Å². The summed E-state index contributed by atoms with van der Waals surface area (Å²) >= 11 is 7.65. The third kappa shape index (κ3) is 2.36. The Morgan fingerprint density at radius 1 is 1.32 bits per heavy atom. The van der Waals surface area contributed by atoms with Crippen LogP contribution in [-0.2, 0) is 5.41 Å². The van der Waals surface area contributed by atoms with Gasteiger partial charge in [0, 0.05) is 27.1 Å². The van der Waals surface area contributed by atoms with E-state index in [2.05, 4.69) is 31.1 Å². The van der Waals surface area contributed by atoms with Crippen molar-refractivity contribution >= 4 is 34.2 Å². The number of thiazole rings is 1. The predicted molar refractivity (Wildman–Crippen MR) is 92.3 cm³/mol. The number of carbonyl (C=O) groups excluding carboxylic acids is 1. The molecule has 22 heavy (non-hydrogen) atoms. The van der Waals surface area contributed by atoms with E-state index in [0.717, 1.165) is 28.1 Å². The summed E-state index contributed by atoms with van der Waals surface area (Å²) < 4.78 is 1.97. The van der Waals surface area contributed by atoms with Gasteiger partial charge >= 0.3 is 0 Å². The fourth-order valence-electron chi connectivity index (χ4n) is 2.51. The first kappa shape index (κ1) is 15.3. The van der Waals surface area contributed by atoms with Crippen LogP contribution in [0.5, 0.6) is 0 Å². The smallest absolute Gasteiger partial charge is 0.195 e. The molecule has 0 atom stereocenters. The van der Waals surface area contributed by atoms with E-state index >= 15 is 0 Å². The molecule has 0 aliphatic heterocycles. The SMILES string of the molecule is Cc1cc(-c2nc3scc(C(C)(C)C)n3c2C=O)ccc1Cl. The molecule has 0 unspecified atom stereocenters. The third-order valence-corrected chi connectivity index (χ3v) is 4.96. The first-order valence-electron chi connectivity index (χ1n) is 7.05. The Morgan fingerprint density at radius 2 is 2.05 bits per heavy atom. The molecule has 0 spiro atoms. The summed E-state index contributed by atoms with van der Waals surface area (Å²) in [5.74, 6) is 0. The van der Waals surface area contributed by atoms with Gasteiger partial charge in [0.2, 0.25) is 0 Å². The van der Waals surface area contributed by atoms with E-state index in [9.17, 15) is 4.79 Å². The van der Waals surface area contributed by atoms with Gasteiger partial charge in [0.05, 0.1) is 0 Å². The molecule has 0 saturated carbocycles. The topological polar surface area (TPSA) is 34.4 Å². The monoisotopic (exact) mass is 332 g/mol. The highest BCUT2D eigenvalue weighted by Crippen LogP contribution is 2.33. The maximum Gasteiger partial charge on any atom is 0.195 e. The second-order valence-electron chi connectivity index (χ2n) is 6.42.